The molecule has 0 saturated carbocycles. The van der Waals surface area contributed by atoms with Gasteiger partial charge in [0.15, 0.2) is 0 Å². The Bertz CT molecular complexity index is 715. The average Bonchev–Trinajstić information content (AvgIpc) is 2.60. The van der Waals surface area contributed by atoms with Gasteiger partial charge in [-0.3, -0.25) is 4.90 Å². The molecule has 0 spiro atoms. The molecule has 1 unspecified atom stereocenters. The highest BCUT2D eigenvalue weighted by Crippen LogP contribution is 2.29. The van der Waals surface area contributed by atoms with Crippen molar-refractivity contribution in [2.24, 2.45) is 5.92 Å². The van der Waals surface area contributed by atoms with Gasteiger partial charge in [-0.15, -0.1) is 0 Å². The predicted molar refractivity (Wildman–Crippen MR) is 111 cm³/mol. The van der Waals surface area contributed by atoms with Crippen molar-refractivity contribution in [1.82, 2.24) is 9.21 Å². The van der Waals surface area contributed by atoms with E-state index in [4.69, 9.17) is 0 Å². The monoisotopic (exact) mass is 442 g/mol. The lowest BCUT2D eigenvalue weighted by Gasteiger charge is -2.39. The van der Waals surface area contributed by atoms with E-state index in [-0.39, 0.29) is 0 Å². The molecule has 1 aliphatic carbocycles. The Labute approximate surface area is 167 Å². The minimum atomic E-state index is -3.03. The summed E-state index contributed by atoms with van der Waals surface area (Å²) >= 11 is 3.61. The number of nitrogens with zero attached hydrogens (tertiary/aromatic N) is 2. The molecule has 1 heterocycles. The van der Waals surface area contributed by atoms with E-state index in [9.17, 15) is 8.42 Å². The van der Waals surface area contributed by atoms with Gasteiger partial charge in [-0.25, -0.2) is 12.7 Å². The second kappa shape index (κ2) is 8.72. The summed E-state index contributed by atoms with van der Waals surface area (Å²) in [7, 11) is -3.03. The number of aryl methyl sites for hydroxylation is 1. The van der Waals surface area contributed by atoms with E-state index >= 15 is 0 Å². The first-order chi connectivity index (χ1) is 12.4. The Hall–Kier alpha value is -0.430. The minimum absolute atomic E-state index is 0.614. The highest BCUT2D eigenvalue weighted by molar-refractivity contribution is 9.10. The molecule has 0 bridgehead atoms. The van der Waals surface area contributed by atoms with Crippen LogP contribution in [0.3, 0.4) is 0 Å². The third-order valence-corrected chi connectivity index (χ3v) is 7.73. The number of sulfonamides is 1. The number of halogens is 1. The van der Waals surface area contributed by atoms with Crippen LogP contribution < -0.4 is 0 Å². The molecule has 4 nitrogen and oxygen atoms in total. The Morgan fingerprint density at radius 1 is 1.19 bits per heavy atom. The van der Waals surface area contributed by atoms with Gasteiger partial charge in [-0.1, -0.05) is 28.9 Å². The maximum atomic E-state index is 11.7. The van der Waals surface area contributed by atoms with Crippen molar-refractivity contribution >= 4 is 26.0 Å². The molecule has 6 heteroatoms. The fraction of sp³-hybridized carbons (Fsp3) is 0.700. The van der Waals surface area contributed by atoms with Gasteiger partial charge in [0, 0.05) is 30.1 Å². The highest BCUT2D eigenvalue weighted by atomic mass is 79.9. The van der Waals surface area contributed by atoms with E-state index in [0.717, 1.165) is 32.4 Å². The van der Waals surface area contributed by atoms with E-state index in [2.05, 4.69) is 46.0 Å². The van der Waals surface area contributed by atoms with Gasteiger partial charge < -0.3 is 0 Å². The molecule has 1 aromatic rings. The summed E-state index contributed by atoms with van der Waals surface area (Å²) in [5.74, 6) is 0.614. The molecule has 2 aliphatic rings. The molecular formula is C20H31BrN2O2S. The summed E-state index contributed by atoms with van der Waals surface area (Å²) in [5, 5.41) is 0. The van der Waals surface area contributed by atoms with Gasteiger partial charge in [0.2, 0.25) is 10.0 Å². The standard InChI is InChI=1S/C20H31BrN2O2S/c1-3-10-22(15-16-8-11-23(12-9-16)26(2,24)25)20-7-5-17-4-6-19(21)13-18(17)14-20/h4,6,13,16,20H,3,5,7-12,14-15H2,1-2H3. The first-order valence-electron chi connectivity index (χ1n) is 9.83. The lowest BCUT2D eigenvalue weighted by atomic mass is 9.86. The van der Waals surface area contributed by atoms with E-state index < -0.39 is 10.0 Å². The maximum Gasteiger partial charge on any atom is 0.211 e. The van der Waals surface area contributed by atoms with E-state index in [1.165, 1.54) is 41.1 Å². The van der Waals surface area contributed by atoms with Crippen LogP contribution in [-0.4, -0.2) is 56.1 Å². The summed E-state index contributed by atoms with van der Waals surface area (Å²) < 4.78 is 26.3. The molecule has 1 fully saturated rings. The SMILES string of the molecule is CCCN(CC1CCN(S(C)(=O)=O)CC1)C1CCc2ccc(Br)cc2C1. The van der Waals surface area contributed by atoms with Gasteiger partial charge in [0.05, 0.1) is 6.26 Å². The molecule has 1 aromatic carbocycles. The Morgan fingerprint density at radius 3 is 2.58 bits per heavy atom. The first kappa shape index (κ1) is 20.3. The second-order valence-electron chi connectivity index (χ2n) is 7.91. The third kappa shape index (κ3) is 5.09. The summed E-state index contributed by atoms with van der Waals surface area (Å²) in [6.07, 6.45) is 8.01. The van der Waals surface area contributed by atoms with Crippen molar-refractivity contribution in [3.8, 4) is 0 Å². The molecular weight excluding hydrogens is 412 g/mol. The topological polar surface area (TPSA) is 40.6 Å². The normalized spacial score (nSPS) is 22.5. The van der Waals surface area contributed by atoms with E-state index in [1.54, 1.807) is 4.31 Å². The molecule has 1 aliphatic heterocycles. The van der Waals surface area contributed by atoms with Crippen molar-refractivity contribution in [1.29, 1.82) is 0 Å². The van der Waals surface area contributed by atoms with Crippen LogP contribution in [0.5, 0.6) is 0 Å². The highest BCUT2D eigenvalue weighted by Gasteiger charge is 2.29. The zero-order valence-corrected chi connectivity index (χ0v) is 18.4. The van der Waals surface area contributed by atoms with Crippen LogP contribution in [0.4, 0.5) is 0 Å². The van der Waals surface area contributed by atoms with E-state index in [1.807, 2.05) is 0 Å². The van der Waals surface area contributed by atoms with Crippen molar-refractivity contribution in [3.05, 3.63) is 33.8 Å². The zero-order chi connectivity index (χ0) is 18.7. The number of hydrogen-bond donors (Lipinski definition) is 0. The molecule has 0 N–H and O–H groups in total. The average molecular weight is 443 g/mol. The summed E-state index contributed by atoms with van der Waals surface area (Å²) in [5.41, 5.74) is 2.99. The van der Waals surface area contributed by atoms with Gasteiger partial charge in [0.25, 0.3) is 0 Å². The Morgan fingerprint density at radius 2 is 1.92 bits per heavy atom. The predicted octanol–water partition coefficient (Wildman–Crippen LogP) is 3.69. The molecule has 0 amide bonds. The van der Waals surface area contributed by atoms with E-state index in [0.29, 0.717) is 25.0 Å². The van der Waals surface area contributed by atoms with Gasteiger partial charge >= 0.3 is 0 Å². The second-order valence-corrected chi connectivity index (χ2v) is 10.8. The van der Waals surface area contributed by atoms with Crippen LogP contribution in [-0.2, 0) is 22.9 Å². The van der Waals surface area contributed by atoms with Crippen LogP contribution >= 0.6 is 15.9 Å². The fourth-order valence-electron chi connectivity index (χ4n) is 4.48. The zero-order valence-electron chi connectivity index (χ0n) is 16.0. The molecule has 26 heavy (non-hydrogen) atoms. The number of hydrogen-bond acceptors (Lipinski definition) is 3. The van der Waals surface area contributed by atoms with Crippen molar-refractivity contribution < 1.29 is 8.42 Å². The third-order valence-electron chi connectivity index (χ3n) is 5.93. The van der Waals surface area contributed by atoms with Crippen LogP contribution in [0.2, 0.25) is 0 Å². The van der Waals surface area contributed by atoms with Crippen molar-refractivity contribution in [2.45, 2.75) is 51.5 Å². The van der Waals surface area contributed by atoms with Crippen molar-refractivity contribution in [3.63, 3.8) is 0 Å². The lowest BCUT2D eigenvalue weighted by molar-refractivity contribution is 0.129. The van der Waals surface area contributed by atoms with Gasteiger partial charge in [-0.2, -0.15) is 0 Å². The van der Waals surface area contributed by atoms with Crippen LogP contribution in [0.1, 0.15) is 43.7 Å². The smallest absolute Gasteiger partial charge is 0.211 e. The molecule has 0 radical (unpaired) electrons. The number of benzene rings is 1. The lowest BCUT2D eigenvalue weighted by Crippen LogP contribution is -2.45. The maximum absolute atomic E-state index is 11.7. The number of fused-ring (bicyclic) bond motifs is 1. The summed E-state index contributed by atoms with van der Waals surface area (Å²) in [6.45, 7) is 5.88. The van der Waals surface area contributed by atoms with Crippen LogP contribution in [0, 0.1) is 5.92 Å². The van der Waals surface area contributed by atoms with Crippen LogP contribution in [0.25, 0.3) is 0 Å². The summed E-state index contributed by atoms with van der Waals surface area (Å²) in [6, 6.07) is 7.32. The van der Waals surface area contributed by atoms with Gasteiger partial charge in [-0.05, 0) is 74.2 Å². The fourth-order valence-corrected chi connectivity index (χ4v) is 5.77. The van der Waals surface area contributed by atoms with Crippen LogP contribution in [0.15, 0.2) is 22.7 Å². The molecule has 1 saturated heterocycles. The number of rotatable bonds is 6. The first-order valence-corrected chi connectivity index (χ1v) is 12.5. The Balaban J connectivity index is 1.61. The number of piperidine rings is 1. The Kier molecular flexibility index (Phi) is 6.81. The molecule has 3 rings (SSSR count). The quantitative estimate of drug-likeness (QED) is 0.674. The van der Waals surface area contributed by atoms with Gasteiger partial charge in [0.1, 0.15) is 0 Å². The molecule has 0 aromatic heterocycles. The molecule has 146 valence electrons. The molecule has 1 atom stereocenters. The summed E-state index contributed by atoms with van der Waals surface area (Å²) in [4.78, 5) is 2.69. The minimum Gasteiger partial charge on any atom is -0.300 e. The largest absolute Gasteiger partial charge is 0.300 e. The van der Waals surface area contributed by atoms with Crippen molar-refractivity contribution in [2.75, 3.05) is 32.4 Å².